The molecule has 1 aliphatic heterocycles. The Bertz CT molecular complexity index is 279. The van der Waals surface area contributed by atoms with Gasteiger partial charge < -0.3 is 0 Å². The molecular formula is C12H20N2O. The van der Waals surface area contributed by atoms with Crippen LogP contribution >= 0.6 is 0 Å². The lowest BCUT2D eigenvalue weighted by Crippen LogP contribution is -2.36. The van der Waals surface area contributed by atoms with Crippen molar-refractivity contribution in [3.05, 3.63) is 0 Å². The van der Waals surface area contributed by atoms with Gasteiger partial charge in [-0.3, -0.25) is 4.79 Å². The highest BCUT2D eigenvalue weighted by atomic mass is 16.2. The molecule has 0 aromatic heterocycles. The predicted octanol–water partition coefficient (Wildman–Crippen LogP) is 2.56. The van der Waals surface area contributed by atoms with Crippen molar-refractivity contribution in [1.82, 2.24) is 5.01 Å². The van der Waals surface area contributed by atoms with Gasteiger partial charge in [0.25, 0.3) is 5.91 Å². The van der Waals surface area contributed by atoms with Gasteiger partial charge in [-0.1, -0.05) is 26.2 Å². The Labute approximate surface area is 91.5 Å². The van der Waals surface area contributed by atoms with Crippen molar-refractivity contribution in [1.29, 1.82) is 0 Å². The van der Waals surface area contributed by atoms with E-state index in [4.69, 9.17) is 0 Å². The van der Waals surface area contributed by atoms with Gasteiger partial charge in [0.15, 0.2) is 0 Å². The Balaban J connectivity index is 2.09. The molecule has 3 nitrogen and oxygen atoms in total. The minimum absolute atomic E-state index is 0.0249. The van der Waals surface area contributed by atoms with Gasteiger partial charge in [-0.2, -0.15) is 5.10 Å². The van der Waals surface area contributed by atoms with Gasteiger partial charge in [-0.25, -0.2) is 5.01 Å². The summed E-state index contributed by atoms with van der Waals surface area (Å²) >= 11 is 0. The van der Waals surface area contributed by atoms with Crippen LogP contribution < -0.4 is 0 Å². The van der Waals surface area contributed by atoms with Gasteiger partial charge in [0.1, 0.15) is 0 Å². The quantitative estimate of drug-likeness (QED) is 0.686. The van der Waals surface area contributed by atoms with E-state index in [-0.39, 0.29) is 11.8 Å². The lowest BCUT2D eigenvalue weighted by molar-refractivity contribution is -0.134. The molecule has 0 aromatic rings. The number of hydrazone groups is 1. The minimum Gasteiger partial charge on any atom is -0.272 e. The van der Waals surface area contributed by atoms with Crippen LogP contribution in [0.4, 0.5) is 0 Å². The second kappa shape index (κ2) is 4.33. The van der Waals surface area contributed by atoms with E-state index in [9.17, 15) is 4.79 Å². The Kier molecular flexibility index (Phi) is 3.08. The van der Waals surface area contributed by atoms with Crippen LogP contribution in [0.25, 0.3) is 0 Å². The molecule has 1 heterocycles. The van der Waals surface area contributed by atoms with Gasteiger partial charge in [0.05, 0.1) is 17.7 Å². The minimum atomic E-state index is 0.0249. The normalized spacial score (nSPS) is 28.4. The van der Waals surface area contributed by atoms with Crippen molar-refractivity contribution in [2.45, 2.75) is 58.4 Å². The molecule has 1 fully saturated rings. The molecule has 0 radical (unpaired) electrons. The molecule has 1 aliphatic carbocycles. The van der Waals surface area contributed by atoms with E-state index < -0.39 is 0 Å². The van der Waals surface area contributed by atoms with E-state index in [0.717, 1.165) is 25.0 Å². The highest BCUT2D eigenvalue weighted by Gasteiger charge is 2.35. The molecule has 15 heavy (non-hydrogen) atoms. The van der Waals surface area contributed by atoms with Crippen LogP contribution in [0.15, 0.2) is 5.10 Å². The van der Waals surface area contributed by atoms with Gasteiger partial charge >= 0.3 is 0 Å². The first-order valence-electron chi connectivity index (χ1n) is 6.14. The molecule has 84 valence electrons. The first kappa shape index (κ1) is 10.7. The molecule has 0 spiro atoms. The van der Waals surface area contributed by atoms with Gasteiger partial charge in [0.2, 0.25) is 0 Å². The number of amides is 1. The molecule has 2 rings (SSSR count). The number of hydrogen-bond acceptors (Lipinski definition) is 2. The topological polar surface area (TPSA) is 32.7 Å². The largest absolute Gasteiger partial charge is 0.272 e. The van der Waals surface area contributed by atoms with E-state index in [0.29, 0.717) is 6.04 Å². The zero-order chi connectivity index (χ0) is 10.8. The van der Waals surface area contributed by atoms with Crippen LogP contribution in [-0.2, 0) is 4.79 Å². The third-order valence-electron chi connectivity index (χ3n) is 3.62. The summed E-state index contributed by atoms with van der Waals surface area (Å²) in [6.07, 6.45) is 6.99. The van der Waals surface area contributed by atoms with Crippen LogP contribution in [-0.4, -0.2) is 22.7 Å². The summed E-state index contributed by atoms with van der Waals surface area (Å²) in [6, 6.07) is 0.387. The van der Waals surface area contributed by atoms with Crippen LogP contribution in [0.1, 0.15) is 52.4 Å². The molecule has 2 aliphatic rings. The fraction of sp³-hybridized carbons (Fsp3) is 0.833. The van der Waals surface area contributed by atoms with Crippen LogP contribution in [0.3, 0.4) is 0 Å². The number of hydrogen-bond donors (Lipinski definition) is 0. The standard InChI is InChI=1S/C12H20N2O/c1-3-11-9(2)12(15)14(13-11)10-7-5-4-6-8-10/h9-10H,3-8H2,1-2H3. The van der Waals surface area contributed by atoms with Gasteiger partial charge in [-0.15, -0.1) is 0 Å². The second-order valence-corrected chi connectivity index (χ2v) is 4.64. The lowest BCUT2D eigenvalue weighted by Gasteiger charge is -2.28. The third-order valence-corrected chi connectivity index (χ3v) is 3.62. The smallest absolute Gasteiger partial charge is 0.251 e. The molecule has 1 atom stereocenters. The van der Waals surface area contributed by atoms with Gasteiger partial charge in [0, 0.05) is 0 Å². The summed E-state index contributed by atoms with van der Waals surface area (Å²) in [5.41, 5.74) is 1.06. The number of nitrogens with zero attached hydrogens (tertiary/aromatic N) is 2. The molecule has 0 aromatic carbocycles. The average Bonchev–Trinajstić information content (AvgIpc) is 2.57. The summed E-state index contributed by atoms with van der Waals surface area (Å²) in [5, 5.41) is 6.27. The lowest BCUT2D eigenvalue weighted by atomic mass is 9.94. The van der Waals surface area contributed by atoms with Crippen LogP contribution in [0.5, 0.6) is 0 Å². The summed E-state index contributed by atoms with van der Waals surface area (Å²) in [7, 11) is 0. The van der Waals surface area contributed by atoms with E-state index in [1.54, 1.807) is 5.01 Å². The zero-order valence-electron chi connectivity index (χ0n) is 9.70. The summed E-state index contributed by atoms with van der Waals surface area (Å²) in [4.78, 5) is 12.0. The van der Waals surface area contributed by atoms with Crippen LogP contribution in [0, 0.1) is 5.92 Å². The molecule has 0 saturated heterocycles. The molecule has 0 N–H and O–H groups in total. The Morgan fingerprint density at radius 2 is 2.00 bits per heavy atom. The average molecular weight is 208 g/mol. The maximum absolute atomic E-state index is 12.0. The van der Waals surface area contributed by atoms with E-state index >= 15 is 0 Å². The SMILES string of the molecule is CCC1=NN(C2CCCCC2)C(=O)C1C. The molecular weight excluding hydrogens is 188 g/mol. The fourth-order valence-corrected chi connectivity index (χ4v) is 2.58. The molecule has 1 amide bonds. The monoisotopic (exact) mass is 208 g/mol. The Hall–Kier alpha value is -0.860. The number of carbonyl (C=O) groups is 1. The van der Waals surface area contributed by atoms with Crippen molar-refractivity contribution < 1.29 is 4.79 Å². The molecule has 1 unspecified atom stereocenters. The Morgan fingerprint density at radius 3 is 2.53 bits per heavy atom. The van der Waals surface area contributed by atoms with Crippen molar-refractivity contribution in [2.24, 2.45) is 11.0 Å². The number of carbonyl (C=O) groups excluding carboxylic acids is 1. The Morgan fingerprint density at radius 1 is 1.33 bits per heavy atom. The maximum atomic E-state index is 12.0. The summed E-state index contributed by atoms with van der Waals surface area (Å²) in [5.74, 6) is 0.246. The van der Waals surface area contributed by atoms with Crippen LogP contribution in [0.2, 0.25) is 0 Å². The van der Waals surface area contributed by atoms with Gasteiger partial charge in [-0.05, 0) is 26.2 Å². The zero-order valence-corrected chi connectivity index (χ0v) is 9.70. The van der Waals surface area contributed by atoms with Crippen molar-refractivity contribution in [2.75, 3.05) is 0 Å². The number of rotatable bonds is 2. The van der Waals surface area contributed by atoms with E-state index in [2.05, 4.69) is 12.0 Å². The highest BCUT2D eigenvalue weighted by molar-refractivity contribution is 6.07. The highest BCUT2D eigenvalue weighted by Crippen LogP contribution is 2.28. The first-order valence-corrected chi connectivity index (χ1v) is 6.14. The van der Waals surface area contributed by atoms with E-state index in [1.807, 2.05) is 6.92 Å². The molecule has 0 bridgehead atoms. The van der Waals surface area contributed by atoms with Crippen molar-refractivity contribution in [3.8, 4) is 0 Å². The molecule has 3 heteroatoms. The van der Waals surface area contributed by atoms with E-state index in [1.165, 1.54) is 19.3 Å². The molecule has 1 saturated carbocycles. The first-order chi connectivity index (χ1) is 7.24. The summed E-state index contributed by atoms with van der Waals surface area (Å²) < 4.78 is 0. The maximum Gasteiger partial charge on any atom is 0.251 e. The predicted molar refractivity (Wildman–Crippen MR) is 60.6 cm³/mol. The fourth-order valence-electron chi connectivity index (χ4n) is 2.58. The summed E-state index contributed by atoms with van der Waals surface area (Å²) in [6.45, 7) is 4.06. The second-order valence-electron chi connectivity index (χ2n) is 4.64. The van der Waals surface area contributed by atoms with Crippen molar-refractivity contribution in [3.63, 3.8) is 0 Å². The van der Waals surface area contributed by atoms with Crippen molar-refractivity contribution >= 4 is 11.6 Å². The third kappa shape index (κ3) is 1.92.